The van der Waals surface area contributed by atoms with Gasteiger partial charge in [0.25, 0.3) is 0 Å². The van der Waals surface area contributed by atoms with Gasteiger partial charge >= 0.3 is 0 Å². The molecule has 0 N–H and O–H groups in total. The molecule has 0 aliphatic carbocycles. The van der Waals surface area contributed by atoms with E-state index in [1.807, 2.05) is 12.1 Å². The van der Waals surface area contributed by atoms with Gasteiger partial charge < -0.3 is 4.74 Å². The van der Waals surface area contributed by atoms with E-state index in [1.165, 1.54) is 0 Å². The second kappa shape index (κ2) is 5.18. The standard InChI is InChI=1S/C12H14BrNO/c1-8(2)10-6-9(4-5-14)7-11(13)12(10)15-3/h6-8H,4H2,1-3H3. The first-order chi connectivity index (χ1) is 7.10. The number of hydrogen-bond donors (Lipinski definition) is 0. The Morgan fingerprint density at radius 1 is 1.47 bits per heavy atom. The van der Waals surface area contributed by atoms with Crippen LogP contribution in [-0.4, -0.2) is 7.11 Å². The molecule has 0 aromatic heterocycles. The molecule has 0 atom stereocenters. The van der Waals surface area contributed by atoms with Crippen LogP contribution in [0.15, 0.2) is 16.6 Å². The Morgan fingerprint density at radius 3 is 2.60 bits per heavy atom. The first-order valence-electron chi connectivity index (χ1n) is 4.83. The lowest BCUT2D eigenvalue weighted by atomic mass is 9.98. The Labute approximate surface area is 99.0 Å². The SMILES string of the molecule is COc1c(Br)cc(CC#N)cc1C(C)C. The smallest absolute Gasteiger partial charge is 0.136 e. The average Bonchev–Trinajstić information content (AvgIpc) is 2.17. The van der Waals surface area contributed by atoms with Crippen LogP contribution < -0.4 is 4.74 Å². The predicted molar refractivity (Wildman–Crippen MR) is 64.1 cm³/mol. The van der Waals surface area contributed by atoms with E-state index in [-0.39, 0.29) is 0 Å². The van der Waals surface area contributed by atoms with Crippen molar-refractivity contribution in [3.63, 3.8) is 0 Å². The van der Waals surface area contributed by atoms with Crippen molar-refractivity contribution in [1.82, 2.24) is 0 Å². The molecule has 0 radical (unpaired) electrons. The third-order valence-electron chi connectivity index (χ3n) is 2.24. The van der Waals surface area contributed by atoms with E-state index in [9.17, 15) is 0 Å². The quantitative estimate of drug-likeness (QED) is 0.838. The minimum absolute atomic E-state index is 0.384. The van der Waals surface area contributed by atoms with Gasteiger partial charge in [-0.3, -0.25) is 0 Å². The molecule has 0 fully saturated rings. The van der Waals surface area contributed by atoms with Crippen LogP contribution in [-0.2, 0) is 6.42 Å². The summed E-state index contributed by atoms with van der Waals surface area (Å²) in [7, 11) is 1.66. The highest BCUT2D eigenvalue weighted by Crippen LogP contribution is 2.35. The number of ether oxygens (including phenoxy) is 1. The molecule has 0 aliphatic heterocycles. The van der Waals surface area contributed by atoms with E-state index in [0.717, 1.165) is 21.3 Å². The Bertz CT molecular complexity index is 393. The van der Waals surface area contributed by atoms with Gasteiger partial charge in [-0.1, -0.05) is 19.9 Å². The Kier molecular flexibility index (Phi) is 4.16. The zero-order chi connectivity index (χ0) is 11.4. The first kappa shape index (κ1) is 12.1. The molecule has 1 rings (SSSR count). The highest BCUT2D eigenvalue weighted by Gasteiger charge is 2.12. The summed E-state index contributed by atoms with van der Waals surface area (Å²) < 4.78 is 6.26. The maximum absolute atomic E-state index is 8.67. The monoisotopic (exact) mass is 267 g/mol. The molecule has 2 nitrogen and oxygen atoms in total. The minimum atomic E-state index is 0.384. The van der Waals surface area contributed by atoms with Crippen molar-refractivity contribution < 1.29 is 4.74 Å². The van der Waals surface area contributed by atoms with Gasteiger partial charge in [-0.2, -0.15) is 5.26 Å². The maximum atomic E-state index is 8.67. The average molecular weight is 268 g/mol. The van der Waals surface area contributed by atoms with Gasteiger partial charge in [0.15, 0.2) is 0 Å². The van der Waals surface area contributed by atoms with Crippen molar-refractivity contribution >= 4 is 15.9 Å². The first-order valence-corrected chi connectivity index (χ1v) is 5.62. The summed E-state index contributed by atoms with van der Waals surface area (Å²) in [5.41, 5.74) is 2.16. The van der Waals surface area contributed by atoms with E-state index >= 15 is 0 Å². The van der Waals surface area contributed by atoms with Crippen molar-refractivity contribution in [2.45, 2.75) is 26.2 Å². The highest BCUT2D eigenvalue weighted by molar-refractivity contribution is 9.10. The predicted octanol–water partition coefficient (Wildman–Crippen LogP) is 3.65. The second-order valence-electron chi connectivity index (χ2n) is 3.69. The largest absolute Gasteiger partial charge is 0.495 e. The van der Waals surface area contributed by atoms with Gasteiger partial charge in [-0.25, -0.2) is 0 Å². The van der Waals surface area contributed by atoms with Crippen molar-refractivity contribution in [3.05, 3.63) is 27.7 Å². The van der Waals surface area contributed by atoms with Gasteiger partial charge in [-0.05, 0) is 39.0 Å². The molecular formula is C12H14BrNO. The highest BCUT2D eigenvalue weighted by atomic mass is 79.9. The van der Waals surface area contributed by atoms with E-state index in [0.29, 0.717) is 12.3 Å². The summed E-state index contributed by atoms with van der Waals surface area (Å²) in [6, 6.07) is 6.13. The molecule has 0 unspecified atom stereocenters. The third-order valence-corrected chi connectivity index (χ3v) is 2.83. The van der Waals surface area contributed by atoms with Gasteiger partial charge in [0.2, 0.25) is 0 Å². The van der Waals surface area contributed by atoms with Crippen LogP contribution in [0.1, 0.15) is 30.9 Å². The molecule has 0 aliphatic rings. The molecule has 1 aromatic rings. The number of halogens is 1. The molecule has 15 heavy (non-hydrogen) atoms. The Balaban J connectivity index is 3.27. The van der Waals surface area contributed by atoms with Crippen LogP contribution in [0.2, 0.25) is 0 Å². The van der Waals surface area contributed by atoms with Crippen molar-refractivity contribution in [3.8, 4) is 11.8 Å². The summed E-state index contributed by atoms with van der Waals surface area (Å²) in [6.07, 6.45) is 0.433. The van der Waals surface area contributed by atoms with Crippen LogP contribution >= 0.6 is 15.9 Å². The molecule has 0 saturated heterocycles. The lowest BCUT2D eigenvalue weighted by molar-refractivity contribution is 0.404. The molecular weight excluding hydrogens is 254 g/mol. The van der Waals surface area contributed by atoms with Crippen molar-refractivity contribution in [2.24, 2.45) is 0 Å². The summed E-state index contributed by atoms with van der Waals surface area (Å²) >= 11 is 3.46. The van der Waals surface area contributed by atoms with Crippen molar-refractivity contribution in [1.29, 1.82) is 5.26 Å². The molecule has 0 saturated carbocycles. The van der Waals surface area contributed by atoms with E-state index in [4.69, 9.17) is 10.00 Å². The second-order valence-corrected chi connectivity index (χ2v) is 4.54. The summed E-state index contributed by atoms with van der Waals surface area (Å²) in [5, 5.41) is 8.67. The number of nitrogens with zero attached hydrogens (tertiary/aromatic N) is 1. The zero-order valence-electron chi connectivity index (χ0n) is 9.17. The van der Waals surface area contributed by atoms with E-state index in [2.05, 4.69) is 35.8 Å². The number of nitriles is 1. The van der Waals surface area contributed by atoms with Gasteiger partial charge in [0.05, 0.1) is 24.1 Å². The van der Waals surface area contributed by atoms with Gasteiger partial charge in [-0.15, -0.1) is 0 Å². The lowest BCUT2D eigenvalue weighted by Crippen LogP contribution is -1.97. The lowest BCUT2D eigenvalue weighted by Gasteiger charge is -2.14. The number of methoxy groups -OCH3 is 1. The minimum Gasteiger partial charge on any atom is -0.495 e. The maximum Gasteiger partial charge on any atom is 0.136 e. The Morgan fingerprint density at radius 2 is 2.13 bits per heavy atom. The molecule has 1 aromatic carbocycles. The van der Waals surface area contributed by atoms with Crippen molar-refractivity contribution in [2.75, 3.05) is 7.11 Å². The van der Waals surface area contributed by atoms with Crippen LogP contribution in [0, 0.1) is 11.3 Å². The summed E-state index contributed by atoms with van der Waals surface area (Å²) in [5.74, 6) is 1.25. The molecule has 3 heteroatoms. The summed E-state index contributed by atoms with van der Waals surface area (Å²) in [4.78, 5) is 0. The fourth-order valence-corrected chi connectivity index (χ4v) is 2.20. The fraction of sp³-hybridized carbons (Fsp3) is 0.417. The third kappa shape index (κ3) is 2.73. The molecule has 0 bridgehead atoms. The van der Waals surface area contributed by atoms with Crippen LogP contribution in [0.4, 0.5) is 0 Å². The van der Waals surface area contributed by atoms with E-state index < -0.39 is 0 Å². The van der Waals surface area contributed by atoms with Crippen LogP contribution in [0.25, 0.3) is 0 Å². The topological polar surface area (TPSA) is 33.0 Å². The van der Waals surface area contributed by atoms with Crippen LogP contribution in [0.3, 0.4) is 0 Å². The van der Waals surface area contributed by atoms with Gasteiger partial charge in [0, 0.05) is 0 Å². The number of benzene rings is 1. The normalized spacial score (nSPS) is 10.1. The van der Waals surface area contributed by atoms with E-state index in [1.54, 1.807) is 7.11 Å². The van der Waals surface area contributed by atoms with Gasteiger partial charge in [0.1, 0.15) is 5.75 Å². The Hall–Kier alpha value is -1.01. The molecule has 0 amide bonds. The zero-order valence-corrected chi connectivity index (χ0v) is 10.8. The molecule has 0 heterocycles. The molecule has 0 spiro atoms. The summed E-state index contributed by atoms with van der Waals surface area (Å²) in [6.45, 7) is 4.22. The number of hydrogen-bond acceptors (Lipinski definition) is 2. The number of rotatable bonds is 3. The van der Waals surface area contributed by atoms with Crippen LogP contribution in [0.5, 0.6) is 5.75 Å². The molecule has 80 valence electrons. The fourth-order valence-electron chi connectivity index (χ4n) is 1.51.